The molecule has 1 aromatic heterocycles. The van der Waals surface area contributed by atoms with Gasteiger partial charge < -0.3 is 0 Å². The molecule has 0 saturated carbocycles. The first-order valence-electron chi connectivity index (χ1n) is 3.89. The fourth-order valence-electron chi connectivity index (χ4n) is 1.10. The number of rotatable bonds is 1. The Balaban J connectivity index is 2.62. The number of aromatic nitrogens is 4. The SMILES string of the molecule is Cc1nnnn1-c1cc(F)ccc1Br. The van der Waals surface area contributed by atoms with Crippen LogP contribution >= 0.6 is 15.9 Å². The molecular weight excluding hydrogens is 251 g/mol. The third-order valence-corrected chi connectivity index (χ3v) is 2.43. The molecule has 1 aromatic carbocycles. The summed E-state index contributed by atoms with van der Waals surface area (Å²) >= 11 is 3.30. The van der Waals surface area contributed by atoms with E-state index in [2.05, 4.69) is 31.5 Å². The summed E-state index contributed by atoms with van der Waals surface area (Å²) in [6, 6.07) is 4.35. The zero-order chi connectivity index (χ0) is 10.1. The van der Waals surface area contributed by atoms with E-state index in [9.17, 15) is 4.39 Å². The Labute approximate surface area is 87.9 Å². The molecule has 0 N–H and O–H groups in total. The van der Waals surface area contributed by atoms with Crippen molar-refractivity contribution >= 4 is 15.9 Å². The van der Waals surface area contributed by atoms with E-state index in [4.69, 9.17) is 0 Å². The summed E-state index contributed by atoms with van der Waals surface area (Å²) in [7, 11) is 0. The fraction of sp³-hybridized carbons (Fsp3) is 0.125. The van der Waals surface area contributed by atoms with E-state index >= 15 is 0 Å². The molecule has 0 saturated heterocycles. The van der Waals surface area contributed by atoms with Gasteiger partial charge >= 0.3 is 0 Å². The van der Waals surface area contributed by atoms with Crippen LogP contribution in [-0.4, -0.2) is 20.2 Å². The first-order valence-corrected chi connectivity index (χ1v) is 4.68. The average Bonchev–Trinajstić information content (AvgIpc) is 2.56. The molecule has 0 unspecified atom stereocenters. The van der Waals surface area contributed by atoms with E-state index < -0.39 is 0 Å². The van der Waals surface area contributed by atoms with Gasteiger partial charge in [-0.25, -0.2) is 4.39 Å². The van der Waals surface area contributed by atoms with Gasteiger partial charge in [0, 0.05) is 10.5 Å². The Bertz CT molecular complexity index is 468. The molecule has 0 spiro atoms. The molecule has 2 rings (SSSR count). The van der Waals surface area contributed by atoms with E-state index in [1.165, 1.54) is 16.8 Å². The van der Waals surface area contributed by atoms with Gasteiger partial charge in [-0.05, 0) is 45.4 Å². The number of benzene rings is 1. The quantitative estimate of drug-likeness (QED) is 0.783. The highest BCUT2D eigenvalue weighted by molar-refractivity contribution is 9.10. The molecule has 14 heavy (non-hydrogen) atoms. The van der Waals surface area contributed by atoms with Crippen molar-refractivity contribution in [1.82, 2.24) is 20.2 Å². The highest BCUT2D eigenvalue weighted by Crippen LogP contribution is 2.21. The van der Waals surface area contributed by atoms with Crippen molar-refractivity contribution in [2.24, 2.45) is 0 Å². The van der Waals surface area contributed by atoms with Crippen LogP contribution in [-0.2, 0) is 0 Å². The normalized spacial score (nSPS) is 10.5. The number of tetrazole rings is 1. The molecule has 0 bridgehead atoms. The second kappa shape index (κ2) is 3.45. The zero-order valence-electron chi connectivity index (χ0n) is 7.28. The van der Waals surface area contributed by atoms with Crippen LogP contribution in [0, 0.1) is 12.7 Å². The van der Waals surface area contributed by atoms with Crippen LogP contribution in [0.25, 0.3) is 5.69 Å². The molecule has 4 nitrogen and oxygen atoms in total. The first kappa shape index (κ1) is 9.26. The van der Waals surface area contributed by atoms with Crippen LogP contribution in [0.1, 0.15) is 5.82 Å². The number of nitrogens with zero attached hydrogens (tertiary/aromatic N) is 4. The smallest absolute Gasteiger partial charge is 0.153 e. The first-order chi connectivity index (χ1) is 6.68. The van der Waals surface area contributed by atoms with Crippen molar-refractivity contribution in [3.05, 3.63) is 34.3 Å². The van der Waals surface area contributed by atoms with Crippen molar-refractivity contribution in [2.45, 2.75) is 6.92 Å². The van der Waals surface area contributed by atoms with E-state index in [0.717, 1.165) is 4.47 Å². The summed E-state index contributed by atoms with van der Waals surface area (Å²) in [6.07, 6.45) is 0. The Kier molecular flexibility index (Phi) is 2.28. The maximum absolute atomic E-state index is 13.0. The highest BCUT2D eigenvalue weighted by Gasteiger charge is 2.08. The summed E-state index contributed by atoms with van der Waals surface area (Å²) in [5.41, 5.74) is 0.590. The van der Waals surface area contributed by atoms with Crippen LogP contribution in [0.4, 0.5) is 4.39 Å². The number of aryl methyl sites for hydroxylation is 1. The molecule has 0 radical (unpaired) electrons. The van der Waals surface area contributed by atoms with Crippen molar-refractivity contribution in [1.29, 1.82) is 0 Å². The number of halogens is 2. The van der Waals surface area contributed by atoms with Crippen LogP contribution in [0.15, 0.2) is 22.7 Å². The standard InChI is InChI=1S/C8H6BrFN4/c1-5-11-12-13-14(5)8-4-6(10)2-3-7(8)9/h2-4H,1H3. The summed E-state index contributed by atoms with van der Waals surface area (Å²) in [5, 5.41) is 11.0. The van der Waals surface area contributed by atoms with Gasteiger partial charge in [0.05, 0.1) is 5.69 Å². The molecular formula is C8H6BrFN4. The third-order valence-electron chi connectivity index (χ3n) is 1.76. The van der Waals surface area contributed by atoms with Crippen molar-refractivity contribution in [3.63, 3.8) is 0 Å². The van der Waals surface area contributed by atoms with Gasteiger partial charge in [-0.1, -0.05) is 0 Å². The van der Waals surface area contributed by atoms with Gasteiger partial charge in [-0.15, -0.1) is 5.10 Å². The maximum Gasteiger partial charge on any atom is 0.153 e. The lowest BCUT2D eigenvalue weighted by molar-refractivity contribution is 0.624. The molecule has 2 aromatic rings. The van der Waals surface area contributed by atoms with E-state index in [0.29, 0.717) is 11.5 Å². The molecule has 0 atom stereocenters. The average molecular weight is 257 g/mol. The Morgan fingerprint density at radius 3 is 2.86 bits per heavy atom. The van der Waals surface area contributed by atoms with Crippen molar-refractivity contribution in [2.75, 3.05) is 0 Å². The topological polar surface area (TPSA) is 43.6 Å². The van der Waals surface area contributed by atoms with Crippen molar-refractivity contribution < 1.29 is 4.39 Å². The van der Waals surface area contributed by atoms with E-state index in [-0.39, 0.29) is 5.82 Å². The molecule has 0 amide bonds. The largest absolute Gasteiger partial charge is 0.207 e. The minimum atomic E-state index is -0.321. The Hall–Kier alpha value is -1.30. The summed E-state index contributed by atoms with van der Waals surface area (Å²) in [4.78, 5) is 0. The lowest BCUT2D eigenvalue weighted by Gasteiger charge is -2.03. The minimum Gasteiger partial charge on any atom is -0.207 e. The molecule has 0 fully saturated rings. The summed E-state index contributed by atoms with van der Waals surface area (Å²) < 4.78 is 15.2. The zero-order valence-corrected chi connectivity index (χ0v) is 8.86. The Morgan fingerprint density at radius 2 is 2.21 bits per heavy atom. The predicted octanol–water partition coefficient (Wildman–Crippen LogP) is 1.87. The van der Waals surface area contributed by atoms with E-state index in [1.807, 2.05) is 0 Å². The van der Waals surface area contributed by atoms with Crippen LogP contribution in [0.3, 0.4) is 0 Å². The molecule has 6 heteroatoms. The van der Waals surface area contributed by atoms with Gasteiger partial charge in [-0.2, -0.15) is 4.68 Å². The van der Waals surface area contributed by atoms with Crippen molar-refractivity contribution in [3.8, 4) is 5.69 Å². The second-order valence-corrected chi connectivity index (χ2v) is 3.59. The monoisotopic (exact) mass is 256 g/mol. The van der Waals surface area contributed by atoms with Gasteiger partial charge in [-0.3, -0.25) is 0 Å². The summed E-state index contributed by atoms with van der Waals surface area (Å²) in [6.45, 7) is 1.75. The maximum atomic E-state index is 13.0. The lowest BCUT2D eigenvalue weighted by Crippen LogP contribution is -2.00. The second-order valence-electron chi connectivity index (χ2n) is 2.73. The van der Waals surface area contributed by atoms with E-state index in [1.54, 1.807) is 13.0 Å². The minimum absolute atomic E-state index is 0.321. The summed E-state index contributed by atoms with van der Waals surface area (Å²) in [5.74, 6) is 0.286. The van der Waals surface area contributed by atoms with Gasteiger partial charge in [0.2, 0.25) is 0 Å². The van der Waals surface area contributed by atoms with Gasteiger partial charge in [0.15, 0.2) is 5.82 Å². The highest BCUT2D eigenvalue weighted by atomic mass is 79.9. The molecule has 0 aliphatic rings. The number of hydrogen-bond donors (Lipinski definition) is 0. The van der Waals surface area contributed by atoms with Crippen LogP contribution < -0.4 is 0 Å². The van der Waals surface area contributed by atoms with Crippen LogP contribution in [0.5, 0.6) is 0 Å². The third kappa shape index (κ3) is 1.52. The molecule has 72 valence electrons. The molecule has 1 heterocycles. The van der Waals surface area contributed by atoms with Gasteiger partial charge in [0.1, 0.15) is 5.82 Å². The number of hydrogen-bond acceptors (Lipinski definition) is 3. The Morgan fingerprint density at radius 1 is 1.43 bits per heavy atom. The van der Waals surface area contributed by atoms with Gasteiger partial charge in [0.25, 0.3) is 0 Å². The predicted molar refractivity (Wildman–Crippen MR) is 51.5 cm³/mol. The fourth-order valence-corrected chi connectivity index (χ4v) is 1.52. The molecule has 0 aliphatic heterocycles. The molecule has 0 aliphatic carbocycles. The lowest BCUT2D eigenvalue weighted by atomic mass is 10.3. The van der Waals surface area contributed by atoms with Crippen LogP contribution in [0.2, 0.25) is 0 Å².